The van der Waals surface area contributed by atoms with Gasteiger partial charge in [-0.2, -0.15) is 0 Å². The number of piperazine rings is 1. The Labute approximate surface area is 185 Å². The average molecular weight is 442 g/mol. The SMILES string of the molecule is CCOC(=O)CCN1CCN2c3ccccc3Oc3ccccc3C2C1.O=C(O)C(=O)O. The molecule has 4 rings (SSSR count). The Hall–Kier alpha value is -3.59. The molecule has 0 bridgehead atoms. The largest absolute Gasteiger partial charge is 0.473 e. The minimum Gasteiger partial charge on any atom is -0.473 e. The molecule has 2 aliphatic heterocycles. The summed E-state index contributed by atoms with van der Waals surface area (Å²) in [5, 5.41) is 14.8. The fraction of sp³-hybridized carbons (Fsp3) is 0.348. The Balaban J connectivity index is 0.000000427. The zero-order valence-electron chi connectivity index (χ0n) is 17.8. The number of hydrogen-bond acceptors (Lipinski definition) is 7. The molecule has 9 nitrogen and oxygen atoms in total. The maximum absolute atomic E-state index is 11.7. The summed E-state index contributed by atoms with van der Waals surface area (Å²) in [7, 11) is 0. The van der Waals surface area contributed by atoms with Crippen LogP contribution in [-0.4, -0.2) is 65.8 Å². The molecule has 0 spiro atoms. The Bertz CT molecular complexity index is 966. The average Bonchev–Trinajstić information content (AvgIpc) is 2.92. The fourth-order valence-corrected chi connectivity index (χ4v) is 3.83. The number of carboxylic acids is 2. The van der Waals surface area contributed by atoms with Crippen molar-refractivity contribution in [2.24, 2.45) is 0 Å². The summed E-state index contributed by atoms with van der Waals surface area (Å²) in [6.07, 6.45) is 0.440. The molecule has 2 aromatic carbocycles. The van der Waals surface area contributed by atoms with Crippen LogP contribution in [0.15, 0.2) is 48.5 Å². The molecule has 2 aromatic rings. The first-order valence-electron chi connectivity index (χ1n) is 10.4. The molecule has 9 heteroatoms. The van der Waals surface area contributed by atoms with Gasteiger partial charge in [-0.05, 0) is 25.1 Å². The molecule has 1 saturated heterocycles. The van der Waals surface area contributed by atoms with Crippen molar-refractivity contribution in [3.8, 4) is 11.5 Å². The van der Waals surface area contributed by atoms with Crippen LogP contribution >= 0.6 is 0 Å². The minimum atomic E-state index is -1.82. The molecule has 0 amide bonds. The highest BCUT2D eigenvalue weighted by Crippen LogP contribution is 2.45. The van der Waals surface area contributed by atoms with Crippen molar-refractivity contribution in [1.29, 1.82) is 0 Å². The lowest BCUT2D eigenvalue weighted by atomic mass is 10.0. The number of aliphatic carboxylic acids is 2. The van der Waals surface area contributed by atoms with Crippen LogP contribution in [0, 0.1) is 0 Å². The van der Waals surface area contributed by atoms with Gasteiger partial charge in [-0.25, -0.2) is 9.59 Å². The molecule has 1 unspecified atom stereocenters. The molecule has 1 atom stereocenters. The quantitative estimate of drug-likeness (QED) is 0.544. The number of para-hydroxylation sites is 3. The topological polar surface area (TPSA) is 117 Å². The summed E-state index contributed by atoms with van der Waals surface area (Å²) in [5.74, 6) is -1.95. The second-order valence-electron chi connectivity index (χ2n) is 7.28. The molecular formula is C23H26N2O7. The van der Waals surface area contributed by atoms with Crippen LogP contribution in [0.1, 0.15) is 24.9 Å². The first kappa shape index (κ1) is 23.1. The lowest BCUT2D eigenvalue weighted by molar-refractivity contribution is -0.159. The lowest BCUT2D eigenvalue weighted by Crippen LogP contribution is -2.48. The van der Waals surface area contributed by atoms with Crippen molar-refractivity contribution < 1.29 is 34.1 Å². The number of carboxylic acid groups (broad SMARTS) is 2. The molecule has 32 heavy (non-hydrogen) atoms. The predicted octanol–water partition coefficient (Wildman–Crippen LogP) is 2.76. The molecule has 0 radical (unpaired) electrons. The molecule has 0 aliphatic carbocycles. The van der Waals surface area contributed by atoms with Gasteiger partial charge in [0.15, 0.2) is 5.75 Å². The van der Waals surface area contributed by atoms with E-state index in [1.807, 2.05) is 31.2 Å². The molecule has 2 heterocycles. The van der Waals surface area contributed by atoms with Crippen LogP contribution in [0.5, 0.6) is 11.5 Å². The van der Waals surface area contributed by atoms with Gasteiger partial charge >= 0.3 is 17.9 Å². The molecule has 170 valence electrons. The number of hydrogen-bond donors (Lipinski definition) is 2. The van der Waals surface area contributed by atoms with Crippen molar-refractivity contribution in [1.82, 2.24) is 4.90 Å². The van der Waals surface area contributed by atoms with E-state index in [2.05, 4.69) is 34.1 Å². The smallest absolute Gasteiger partial charge is 0.414 e. The van der Waals surface area contributed by atoms with E-state index in [0.29, 0.717) is 13.0 Å². The van der Waals surface area contributed by atoms with E-state index in [4.69, 9.17) is 29.3 Å². The van der Waals surface area contributed by atoms with Gasteiger partial charge < -0.3 is 24.6 Å². The lowest BCUT2D eigenvalue weighted by Gasteiger charge is -2.42. The maximum Gasteiger partial charge on any atom is 0.414 e. The number of ether oxygens (including phenoxy) is 2. The highest BCUT2D eigenvalue weighted by Gasteiger charge is 2.34. The number of carbonyl (C=O) groups excluding carboxylic acids is 1. The number of carbonyl (C=O) groups is 3. The number of rotatable bonds is 4. The third-order valence-corrected chi connectivity index (χ3v) is 5.26. The van der Waals surface area contributed by atoms with Gasteiger partial charge in [0.1, 0.15) is 5.75 Å². The summed E-state index contributed by atoms with van der Waals surface area (Å²) < 4.78 is 11.3. The zero-order valence-corrected chi connectivity index (χ0v) is 17.8. The van der Waals surface area contributed by atoms with E-state index < -0.39 is 11.9 Å². The number of benzene rings is 2. The van der Waals surface area contributed by atoms with Crippen LogP contribution in [0.4, 0.5) is 5.69 Å². The monoisotopic (exact) mass is 442 g/mol. The van der Waals surface area contributed by atoms with Gasteiger partial charge in [0.25, 0.3) is 0 Å². The molecule has 0 aromatic heterocycles. The summed E-state index contributed by atoms with van der Waals surface area (Å²) in [6, 6.07) is 16.7. The third kappa shape index (κ3) is 5.55. The number of nitrogens with zero attached hydrogens (tertiary/aromatic N) is 2. The van der Waals surface area contributed by atoms with Crippen LogP contribution in [0.2, 0.25) is 0 Å². The number of esters is 1. The normalized spacial score (nSPS) is 16.7. The standard InChI is InChI=1S/C21H24N2O3.C2H2O4/c1-2-25-21(24)11-12-22-13-14-23-17-8-4-6-10-20(17)26-19-9-5-3-7-16(19)18(23)15-22;3-1(4)2(5)6/h3-10,18H,2,11-15H2,1H3;(H,3,4)(H,5,6). The van der Waals surface area contributed by atoms with E-state index in [-0.39, 0.29) is 12.0 Å². The van der Waals surface area contributed by atoms with Gasteiger partial charge in [0.05, 0.1) is 24.8 Å². The highest BCUT2D eigenvalue weighted by atomic mass is 16.5. The summed E-state index contributed by atoms with van der Waals surface area (Å²) >= 11 is 0. The number of fused-ring (bicyclic) bond motifs is 5. The van der Waals surface area contributed by atoms with Gasteiger partial charge in [0, 0.05) is 31.7 Å². The molecule has 1 fully saturated rings. The highest BCUT2D eigenvalue weighted by molar-refractivity contribution is 6.27. The second kappa shape index (κ2) is 10.6. The van der Waals surface area contributed by atoms with Crippen molar-refractivity contribution in [3.05, 3.63) is 54.1 Å². The maximum atomic E-state index is 11.7. The van der Waals surface area contributed by atoms with Gasteiger partial charge in [-0.1, -0.05) is 30.3 Å². The van der Waals surface area contributed by atoms with Gasteiger partial charge in [0.2, 0.25) is 0 Å². The Kier molecular flexibility index (Phi) is 7.67. The molecule has 2 aliphatic rings. The van der Waals surface area contributed by atoms with Crippen LogP contribution in [0.25, 0.3) is 0 Å². The molecule has 0 saturated carbocycles. The van der Waals surface area contributed by atoms with Crippen molar-refractivity contribution >= 4 is 23.6 Å². The number of anilines is 1. The predicted molar refractivity (Wildman–Crippen MR) is 116 cm³/mol. The molecular weight excluding hydrogens is 416 g/mol. The first-order valence-corrected chi connectivity index (χ1v) is 10.4. The van der Waals surface area contributed by atoms with Crippen LogP contribution < -0.4 is 9.64 Å². The van der Waals surface area contributed by atoms with Crippen molar-refractivity contribution in [3.63, 3.8) is 0 Å². The first-order chi connectivity index (χ1) is 15.4. The Morgan fingerprint density at radius 3 is 2.34 bits per heavy atom. The van der Waals surface area contributed by atoms with E-state index >= 15 is 0 Å². The fourth-order valence-electron chi connectivity index (χ4n) is 3.83. The second-order valence-corrected chi connectivity index (χ2v) is 7.28. The summed E-state index contributed by atoms with van der Waals surface area (Å²) in [6.45, 7) is 5.71. The Morgan fingerprint density at radius 1 is 1.00 bits per heavy atom. The van der Waals surface area contributed by atoms with Crippen molar-refractivity contribution in [2.45, 2.75) is 19.4 Å². The summed E-state index contributed by atoms with van der Waals surface area (Å²) in [4.78, 5) is 34.7. The summed E-state index contributed by atoms with van der Waals surface area (Å²) in [5.41, 5.74) is 2.34. The zero-order chi connectivity index (χ0) is 23.1. The van der Waals surface area contributed by atoms with E-state index in [1.165, 1.54) is 5.56 Å². The Morgan fingerprint density at radius 2 is 1.66 bits per heavy atom. The van der Waals surface area contributed by atoms with Gasteiger partial charge in [-0.15, -0.1) is 0 Å². The third-order valence-electron chi connectivity index (χ3n) is 5.26. The molecule has 2 N–H and O–H groups in total. The van der Waals surface area contributed by atoms with Crippen LogP contribution in [0.3, 0.4) is 0 Å². The van der Waals surface area contributed by atoms with Gasteiger partial charge in [-0.3, -0.25) is 9.69 Å². The minimum absolute atomic E-state index is 0.120. The van der Waals surface area contributed by atoms with Crippen molar-refractivity contribution in [2.75, 3.05) is 37.7 Å². The van der Waals surface area contributed by atoms with E-state index in [1.54, 1.807) is 0 Å². The van der Waals surface area contributed by atoms with E-state index in [0.717, 1.165) is 43.4 Å². The van der Waals surface area contributed by atoms with Crippen LogP contribution in [-0.2, 0) is 19.1 Å². The van der Waals surface area contributed by atoms with E-state index in [9.17, 15) is 4.79 Å².